The number of nitrogens with two attached hydrogens (primary N) is 5. The second kappa shape index (κ2) is 52.4. The summed E-state index contributed by atoms with van der Waals surface area (Å²) in [4.78, 5) is 227. The van der Waals surface area contributed by atoms with Crippen LogP contribution in [0.5, 0.6) is 5.75 Å². The molecule has 0 fully saturated rings. The summed E-state index contributed by atoms with van der Waals surface area (Å²) in [6, 6.07) is 4.23. The summed E-state index contributed by atoms with van der Waals surface area (Å²) in [5.41, 5.74) is 31.1. The molecule has 0 aliphatic carbocycles. The van der Waals surface area contributed by atoms with Crippen molar-refractivity contribution in [2.75, 3.05) is 59.0 Å². The minimum Gasteiger partial charge on any atom is -0.508 e. The lowest BCUT2D eigenvalue weighted by atomic mass is 9.97. The molecule has 11 atom stereocenters. The van der Waals surface area contributed by atoms with Crippen LogP contribution in [0.2, 0.25) is 0 Å². The number of unbranched alkanes of at least 4 members (excludes halogenated alkanes) is 2. The molecule has 2 aromatic heterocycles. The molecule has 40 heteroatoms. The number of aliphatic hydroxyl groups excluding tert-OH is 1. The van der Waals surface area contributed by atoms with Gasteiger partial charge in [0, 0.05) is 59.9 Å². The van der Waals surface area contributed by atoms with E-state index >= 15 is 0 Å². The van der Waals surface area contributed by atoms with E-state index in [1.807, 2.05) is 0 Å². The highest BCUT2D eigenvalue weighted by Gasteiger charge is 2.38. The van der Waals surface area contributed by atoms with Gasteiger partial charge in [0.1, 0.15) is 72.8 Å². The van der Waals surface area contributed by atoms with Crippen LogP contribution < -0.4 is 103 Å². The molecule has 0 bridgehead atoms. The second-order valence-corrected chi connectivity index (χ2v) is 29.6. The normalized spacial score (nSPS) is 13.8. The summed E-state index contributed by atoms with van der Waals surface area (Å²) in [5, 5.41) is 57.0. The largest absolute Gasteiger partial charge is 0.508 e. The second-order valence-electron chi connectivity index (χ2n) is 29.6. The molecule has 3 aromatic carbocycles. The van der Waals surface area contributed by atoms with E-state index < -0.39 is 200 Å². The molecule has 0 radical (unpaired) electrons. The van der Waals surface area contributed by atoms with Gasteiger partial charge in [0.2, 0.25) is 88.6 Å². The van der Waals surface area contributed by atoms with Gasteiger partial charge in [-0.15, -0.1) is 0 Å². The van der Waals surface area contributed by atoms with Crippen LogP contribution in [0.4, 0.5) is 4.79 Å². The van der Waals surface area contributed by atoms with E-state index in [1.165, 1.54) is 30.3 Å². The number of ether oxygens (including phenoxy) is 1. The number of amides is 16. The van der Waals surface area contributed by atoms with E-state index in [0.29, 0.717) is 50.8 Å². The Kier molecular flexibility index (Phi) is 42.9. The molecular weight excluding hydrogens is 1570 g/mol. The molecule has 0 spiro atoms. The molecule has 40 nitrogen and oxygen atoms in total. The summed E-state index contributed by atoms with van der Waals surface area (Å²) >= 11 is 0. The van der Waals surface area contributed by atoms with Gasteiger partial charge < -0.3 is 128 Å². The molecule has 0 aliphatic heterocycles. The van der Waals surface area contributed by atoms with E-state index in [0.717, 1.165) is 19.3 Å². The fourth-order valence-electron chi connectivity index (χ4n) is 12.7. The average Bonchev–Trinajstić information content (AvgIpc) is 1.63. The smallest absolute Gasteiger partial charge is 0.407 e. The fraction of sp³-hybridized carbons (Fsp3) is 0.506. The van der Waals surface area contributed by atoms with Gasteiger partial charge in [-0.2, -0.15) is 0 Å². The third-order valence-corrected chi connectivity index (χ3v) is 19.6. The molecule has 16 amide bonds. The summed E-state index contributed by atoms with van der Waals surface area (Å²) in [6.45, 7) is 6.98. The van der Waals surface area contributed by atoms with Gasteiger partial charge in [0.05, 0.1) is 39.2 Å². The number of phenols is 1. The van der Waals surface area contributed by atoms with Crippen molar-refractivity contribution in [2.24, 2.45) is 40.5 Å². The summed E-state index contributed by atoms with van der Waals surface area (Å²) in [6.07, 6.45) is 5.30. The number of carbonyl (C=O) groups is 16. The maximum atomic E-state index is 15.0. The number of aromatic nitrogens is 2. The van der Waals surface area contributed by atoms with Crippen LogP contribution in [0.15, 0.2) is 97.8 Å². The maximum Gasteiger partial charge on any atom is 0.407 e. The van der Waals surface area contributed by atoms with E-state index in [9.17, 15) is 86.9 Å². The highest BCUT2D eigenvalue weighted by atomic mass is 16.5. The summed E-state index contributed by atoms with van der Waals surface area (Å²) in [5.74, 6) is -14.4. The Balaban J connectivity index is 1.39. The number of nitrogens with one attached hydrogen (secondary N) is 16. The Hall–Kier alpha value is -12.6. The van der Waals surface area contributed by atoms with E-state index in [2.05, 4.69) is 105 Å². The lowest BCUT2D eigenvalue weighted by Gasteiger charge is -2.29. The van der Waals surface area contributed by atoms with Crippen LogP contribution in [0, 0.1) is 11.8 Å². The van der Waals surface area contributed by atoms with Crippen LogP contribution in [-0.4, -0.2) is 234 Å². The standard InChI is InChI=1S/C81H119N21O19/c1-6-34-121-81(120)92-41-63(78(117)102-70(47(5)7-2)80(119)100-62(38-65(85)105)72(111)90-43-68(108)89-42-66(86)106)101-77(116)61(37-50-40-88-55-22-14-12-20-53(50)55)98-73(112)57(24-16-32-83)93-69(109)44-91-71(110)56(23-15-31-82)95-74(113)58(25-17-33-84)96-76(115)60(36-49-39-87-54-21-13-11-19-52(49)54)99-75(114)59(35-48-27-29-51(104)30-28-48)97-79(118)64(45-103)94-67(107)26-10-8-9-18-46(3)4/h6,11-14,19-22,27-30,39-40,46-47,56-64,70,87-88,103-104H,1,7-10,15-18,23-26,31-38,41-45,82-84H2,2-5H3,(H2,85,105)(H2,86,106)(H,89,108)(H,90,111)(H,91,110)(H,92,120)(H,93,109)(H,94,107)(H,95,113)(H,96,115)(H,97,118)(H,98,112)(H,99,114)(H,100,119)(H,101,116)(H,102,117)/t47-,56-,57+,58+,59+,60+,61-,62-,63-,64+,70-/m0/s1. The molecule has 2 heterocycles. The molecule has 121 heavy (non-hydrogen) atoms. The number of primary amides is 2. The van der Waals surface area contributed by atoms with Gasteiger partial charge in [-0.3, -0.25) is 71.9 Å². The zero-order valence-electron chi connectivity index (χ0n) is 68.7. The molecule has 0 saturated heterocycles. The van der Waals surface area contributed by atoms with Crippen LogP contribution in [0.3, 0.4) is 0 Å². The van der Waals surface area contributed by atoms with Crippen LogP contribution >= 0.6 is 0 Å². The van der Waals surface area contributed by atoms with Gasteiger partial charge in [-0.25, -0.2) is 4.79 Å². The zero-order valence-corrected chi connectivity index (χ0v) is 68.7. The summed E-state index contributed by atoms with van der Waals surface area (Å²) in [7, 11) is 0. The Morgan fingerprint density at radius 1 is 0.446 bits per heavy atom. The number of aromatic amines is 2. The van der Waals surface area contributed by atoms with Gasteiger partial charge >= 0.3 is 6.09 Å². The quantitative estimate of drug-likeness (QED) is 0.0134. The number of alkyl carbamates (subject to hydrolysis) is 1. The van der Waals surface area contributed by atoms with E-state index in [4.69, 9.17) is 33.4 Å². The van der Waals surface area contributed by atoms with Gasteiger partial charge in [0.15, 0.2) is 0 Å². The van der Waals surface area contributed by atoms with Crippen LogP contribution in [0.25, 0.3) is 21.8 Å². The molecule has 0 unspecified atom stereocenters. The SMILES string of the molecule is C=CCOC(=O)NC[C@H](NC(=O)[C@H](Cc1c[nH]c2ccccc12)NC(=O)[C@@H](CCCN)NC(=O)CNC(=O)[C@H](CCCN)NC(=O)[C@@H](CCCN)NC(=O)[C@@H](Cc1c[nH]c2ccccc12)NC(=O)[C@@H](Cc1ccc(O)cc1)NC(=O)[C@@H](CO)NC(=O)CCCCCC(C)C)C(=O)N[C@H](C(=O)N[C@@H](CC(N)=O)C(=O)NCC(=O)NCC(N)=O)[C@@H](C)CC. The molecule has 0 aliphatic rings. The fourth-order valence-corrected chi connectivity index (χ4v) is 12.7. The molecule has 5 rings (SSSR count). The predicted octanol–water partition coefficient (Wildman–Crippen LogP) is -3.29. The Labute approximate surface area is 700 Å². The van der Waals surface area contributed by atoms with Crippen LogP contribution in [0.1, 0.15) is 128 Å². The van der Waals surface area contributed by atoms with Gasteiger partial charge in [-0.05, 0) is 117 Å². The maximum absolute atomic E-state index is 15.0. The van der Waals surface area contributed by atoms with Gasteiger partial charge in [-0.1, -0.05) is 115 Å². The number of para-hydroxylation sites is 2. The topological polar surface area (TPSA) is 653 Å². The lowest BCUT2D eigenvalue weighted by molar-refractivity contribution is -0.136. The number of aliphatic hydroxyl groups is 1. The number of benzene rings is 3. The van der Waals surface area contributed by atoms with Crippen molar-refractivity contribution in [1.29, 1.82) is 0 Å². The van der Waals surface area contributed by atoms with E-state index in [1.54, 1.807) is 74.8 Å². The number of H-pyrrole nitrogens is 2. The Bertz CT molecular complexity index is 4330. The minimum absolute atomic E-state index is 0.00684. The number of phenolic OH excluding ortho intramolecular Hbond substituents is 1. The van der Waals surface area contributed by atoms with Crippen molar-refractivity contribution >= 4 is 117 Å². The number of rotatable bonds is 56. The first-order chi connectivity index (χ1) is 57.8. The van der Waals surface area contributed by atoms with Crippen molar-refractivity contribution in [1.82, 2.24) is 84.4 Å². The van der Waals surface area contributed by atoms with Crippen molar-refractivity contribution in [3.05, 3.63) is 115 Å². The number of hydrogen-bond acceptors (Lipinski definition) is 22. The first kappa shape index (κ1) is 99.0. The monoisotopic (exact) mass is 1690 g/mol. The molecule has 28 N–H and O–H groups in total. The van der Waals surface area contributed by atoms with Crippen molar-refractivity contribution in [2.45, 2.75) is 191 Å². The van der Waals surface area contributed by atoms with Crippen molar-refractivity contribution < 1.29 is 91.7 Å². The molecule has 0 saturated carbocycles. The average molecular weight is 1690 g/mol. The highest BCUT2D eigenvalue weighted by molar-refractivity contribution is 6.01. The summed E-state index contributed by atoms with van der Waals surface area (Å²) < 4.78 is 5.05. The Morgan fingerprint density at radius 2 is 0.893 bits per heavy atom. The third kappa shape index (κ3) is 34.7. The lowest BCUT2D eigenvalue weighted by Crippen LogP contribution is -2.62. The number of fused-ring (bicyclic) bond motifs is 2. The molecule has 5 aromatic rings. The highest BCUT2D eigenvalue weighted by Crippen LogP contribution is 2.23. The predicted molar refractivity (Wildman–Crippen MR) is 446 cm³/mol. The number of carbonyl (C=O) groups excluding carboxylic acids is 16. The zero-order chi connectivity index (χ0) is 89.1. The van der Waals surface area contributed by atoms with Crippen LogP contribution in [-0.2, 0) is 95.9 Å². The first-order valence-corrected chi connectivity index (χ1v) is 40.3. The molecule has 662 valence electrons. The number of aromatic hydroxyl groups is 1. The van der Waals surface area contributed by atoms with E-state index in [-0.39, 0.29) is 103 Å². The van der Waals surface area contributed by atoms with Crippen molar-refractivity contribution in [3.63, 3.8) is 0 Å². The molecular formula is C81H119N21O19. The van der Waals surface area contributed by atoms with Gasteiger partial charge in [0.25, 0.3) is 0 Å². The Morgan fingerprint density at radius 3 is 1.39 bits per heavy atom. The third-order valence-electron chi connectivity index (χ3n) is 19.6. The number of hydrogen-bond donors (Lipinski definition) is 23. The first-order valence-electron chi connectivity index (χ1n) is 40.3. The minimum atomic E-state index is -1.81. The van der Waals surface area contributed by atoms with Crippen molar-refractivity contribution in [3.8, 4) is 5.75 Å².